The zero-order chi connectivity index (χ0) is 18.6. The van der Waals surface area contributed by atoms with Crippen LogP contribution in [0.25, 0.3) is 0 Å². The SMILES string of the molecule is CC(C)Oc1ccc(C(=O)N[C@H](C)c2ccc([N+](=O)[O-])cc2)c(Cl)c1. The molecule has 0 heterocycles. The number of carbonyl (C=O) groups is 1. The van der Waals surface area contributed by atoms with Crippen molar-refractivity contribution in [2.75, 3.05) is 0 Å². The van der Waals surface area contributed by atoms with E-state index in [1.807, 2.05) is 13.8 Å². The zero-order valence-corrected chi connectivity index (χ0v) is 14.9. The number of ether oxygens (including phenoxy) is 1. The summed E-state index contributed by atoms with van der Waals surface area (Å²) in [5.41, 5.74) is 1.10. The molecule has 0 aromatic heterocycles. The summed E-state index contributed by atoms with van der Waals surface area (Å²) in [7, 11) is 0. The number of nitro groups is 1. The molecule has 7 heteroatoms. The molecule has 2 rings (SSSR count). The molecule has 0 spiro atoms. The van der Waals surface area contributed by atoms with E-state index in [1.54, 1.807) is 37.3 Å². The van der Waals surface area contributed by atoms with Gasteiger partial charge in [-0.25, -0.2) is 0 Å². The molecule has 25 heavy (non-hydrogen) atoms. The maximum Gasteiger partial charge on any atom is 0.269 e. The lowest BCUT2D eigenvalue weighted by Gasteiger charge is -2.16. The number of amides is 1. The fraction of sp³-hybridized carbons (Fsp3) is 0.278. The van der Waals surface area contributed by atoms with E-state index in [1.165, 1.54) is 12.1 Å². The molecule has 0 radical (unpaired) electrons. The number of nitrogens with one attached hydrogen (secondary N) is 1. The second-order valence-corrected chi connectivity index (χ2v) is 6.26. The molecule has 0 fully saturated rings. The molecule has 6 nitrogen and oxygen atoms in total. The van der Waals surface area contributed by atoms with Crippen LogP contribution in [-0.2, 0) is 0 Å². The van der Waals surface area contributed by atoms with Crippen LogP contribution >= 0.6 is 11.6 Å². The number of hydrogen-bond acceptors (Lipinski definition) is 4. The Morgan fingerprint density at radius 1 is 1.16 bits per heavy atom. The molecule has 1 atom stereocenters. The third-order valence-electron chi connectivity index (χ3n) is 3.51. The lowest BCUT2D eigenvalue weighted by atomic mass is 10.1. The molecule has 0 aliphatic heterocycles. The smallest absolute Gasteiger partial charge is 0.269 e. The monoisotopic (exact) mass is 362 g/mol. The first-order chi connectivity index (χ1) is 11.8. The number of benzene rings is 2. The molecule has 132 valence electrons. The minimum Gasteiger partial charge on any atom is -0.491 e. The summed E-state index contributed by atoms with van der Waals surface area (Å²) in [6.07, 6.45) is 0.0119. The van der Waals surface area contributed by atoms with Gasteiger partial charge < -0.3 is 10.1 Å². The quantitative estimate of drug-likeness (QED) is 0.604. The summed E-state index contributed by atoms with van der Waals surface area (Å²) in [4.78, 5) is 22.6. The molecule has 2 aromatic rings. The van der Waals surface area contributed by atoms with Crippen molar-refractivity contribution in [2.45, 2.75) is 32.9 Å². The average molecular weight is 363 g/mol. The van der Waals surface area contributed by atoms with Crippen LogP contribution in [0.3, 0.4) is 0 Å². The van der Waals surface area contributed by atoms with Gasteiger partial charge in [0.2, 0.25) is 0 Å². The van der Waals surface area contributed by atoms with Gasteiger partial charge in [0.25, 0.3) is 11.6 Å². The van der Waals surface area contributed by atoms with Crippen molar-refractivity contribution >= 4 is 23.2 Å². The minimum absolute atomic E-state index is 0.00561. The highest BCUT2D eigenvalue weighted by Gasteiger charge is 2.16. The second-order valence-electron chi connectivity index (χ2n) is 5.85. The molecule has 0 aliphatic rings. The Hall–Kier alpha value is -2.60. The number of hydrogen-bond donors (Lipinski definition) is 1. The summed E-state index contributed by atoms with van der Waals surface area (Å²) in [5, 5.41) is 13.8. The molecule has 1 amide bonds. The number of nitrogens with zero attached hydrogens (tertiary/aromatic N) is 1. The standard InChI is InChI=1S/C18H19ClN2O4/c1-11(2)25-15-8-9-16(17(19)10-15)18(22)20-12(3)13-4-6-14(7-5-13)21(23)24/h4-12H,1-3H3,(H,20,22)/t12-/m1/s1. The van der Waals surface area contributed by atoms with Crippen molar-refractivity contribution in [3.8, 4) is 5.75 Å². The normalized spacial score (nSPS) is 11.9. The molecule has 0 unspecified atom stereocenters. The van der Waals surface area contributed by atoms with Crippen LogP contribution in [0.15, 0.2) is 42.5 Å². The van der Waals surface area contributed by atoms with E-state index in [4.69, 9.17) is 16.3 Å². The van der Waals surface area contributed by atoms with Crippen LogP contribution < -0.4 is 10.1 Å². The van der Waals surface area contributed by atoms with E-state index in [2.05, 4.69) is 5.32 Å². The van der Waals surface area contributed by atoms with Crippen LogP contribution in [-0.4, -0.2) is 16.9 Å². The third-order valence-corrected chi connectivity index (χ3v) is 3.82. The molecular weight excluding hydrogens is 344 g/mol. The van der Waals surface area contributed by atoms with E-state index >= 15 is 0 Å². The number of carbonyl (C=O) groups excluding carboxylic acids is 1. The highest BCUT2D eigenvalue weighted by Crippen LogP contribution is 2.24. The largest absolute Gasteiger partial charge is 0.491 e. The summed E-state index contributed by atoms with van der Waals surface area (Å²) in [5.74, 6) is 0.270. The van der Waals surface area contributed by atoms with E-state index in [-0.39, 0.29) is 23.7 Å². The molecule has 2 aromatic carbocycles. The molecule has 0 saturated heterocycles. The predicted octanol–water partition coefficient (Wildman–Crippen LogP) is 4.53. The third kappa shape index (κ3) is 4.93. The van der Waals surface area contributed by atoms with Gasteiger partial charge in [0.15, 0.2) is 0 Å². The highest BCUT2D eigenvalue weighted by molar-refractivity contribution is 6.34. The zero-order valence-electron chi connectivity index (χ0n) is 14.2. The van der Waals surface area contributed by atoms with Crippen LogP contribution in [0.4, 0.5) is 5.69 Å². The molecule has 1 N–H and O–H groups in total. The van der Waals surface area contributed by atoms with Gasteiger partial charge in [-0.05, 0) is 44.5 Å². The number of nitro benzene ring substituents is 1. The molecular formula is C18H19ClN2O4. The summed E-state index contributed by atoms with van der Waals surface area (Å²) in [6, 6.07) is 10.6. The predicted molar refractivity (Wildman–Crippen MR) is 96.2 cm³/mol. The van der Waals surface area contributed by atoms with Crippen LogP contribution in [0.1, 0.15) is 42.7 Å². The first-order valence-corrected chi connectivity index (χ1v) is 8.17. The summed E-state index contributed by atoms with van der Waals surface area (Å²) >= 11 is 6.18. The first kappa shape index (κ1) is 18.7. The summed E-state index contributed by atoms with van der Waals surface area (Å²) < 4.78 is 5.54. The second kappa shape index (κ2) is 7.98. The van der Waals surface area contributed by atoms with Crippen molar-refractivity contribution in [1.29, 1.82) is 0 Å². The molecule has 0 aliphatic carbocycles. The maximum absolute atomic E-state index is 12.4. The van der Waals surface area contributed by atoms with Gasteiger partial charge in [0.05, 0.1) is 27.7 Å². The van der Waals surface area contributed by atoms with Crippen LogP contribution in [0, 0.1) is 10.1 Å². The van der Waals surface area contributed by atoms with Crippen molar-refractivity contribution in [1.82, 2.24) is 5.32 Å². The van der Waals surface area contributed by atoms with Gasteiger partial charge in [0.1, 0.15) is 5.75 Å². The van der Waals surface area contributed by atoms with E-state index in [9.17, 15) is 14.9 Å². The lowest BCUT2D eigenvalue weighted by molar-refractivity contribution is -0.384. The molecule has 0 bridgehead atoms. The van der Waals surface area contributed by atoms with Crippen molar-refractivity contribution in [2.24, 2.45) is 0 Å². The Kier molecular flexibility index (Phi) is 5.98. The fourth-order valence-electron chi connectivity index (χ4n) is 2.27. The van der Waals surface area contributed by atoms with Gasteiger partial charge in [-0.2, -0.15) is 0 Å². The summed E-state index contributed by atoms with van der Waals surface area (Å²) in [6.45, 7) is 5.60. The van der Waals surface area contributed by atoms with Crippen LogP contribution in [0.2, 0.25) is 5.02 Å². The Morgan fingerprint density at radius 3 is 2.32 bits per heavy atom. The van der Waals surface area contributed by atoms with Crippen molar-refractivity contribution in [3.05, 3.63) is 68.7 Å². The number of non-ortho nitro benzene ring substituents is 1. The lowest BCUT2D eigenvalue weighted by Crippen LogP contribution is -2.26. The van der Waals surface area contributed by atoms with Gasteiger partial charge >= 0.3 is 0 Å². The van der Waals surface area contributed by atoms with Crippen molar-refractivity contribution in [3.63, 3.8) is 0 Å². The van der Waals surface area contributed by atoms with E-state index in [0.717, 1.165) is 5.56 Å². The fourth-order valence-corrected chi connectivity index (χ4v) is 2.52. The van der Waals surface area contributed by atoms with Crippen LogP contribution in [0.5, 0.6) is 5.75 Å². The Labute approximate surface area is 150 Å². The minimum atomic E-state index is -0.465. The maximum atomic E-state index is 12.4. The number of rotatable bonds is 6. The molecule has 0 saturated carbocycles. The number of halogens is 1. The first-order valence-electron chi connectivity index (χ1n) is 7.79. The average Bonchev–Trinajstić information content (AvgIpc) is 2.54. The van der Waals surface area contributed by atoms with E-state index < -0.39 is 4.92 Å². The van der Waals surface area contributed by atoms with Gasteiger partial charge in [0, 0.05) is 12.1 Å². The Balaban J connectivity index is 2.09. The van der Waals surface area contributed by atoms with Gasteiger partial charge in [-0.1, -0.05) is 23.7 Å². The Morgan fingerprint density at radius 2 is 1.80 bits per heavy atom. The van der Waals surface area contributed by atoms with E-state index in [0.29, 0.717) is 16.3 Å². The van der Waals surface area contributed by atoms with Crippen molar-refractivity contribution < 1.29 is 14.5 Å². The van der Waals surface area contributed by atoms with Gasteiger partial charge in [-0.15, -0.1) is 0 Å². The topological polar surface area (TPSA) is 81.5 Å². The Bertz CT molecular complexity index is 775. The highest BCUT2D eigenvalue weighted by atomic mass is 35.5. The van der Waals surface area contributed by atoms with Gasteiger partial charge in [-0.3, -0.25) is 14.9 Å².